The average molecular weight is 313 g/mol. The second kappa shape index (κ2) is 4.78. The zero-order valence-corrected chi connectivity index (χ0v) is 12.7. The third kappa shape index (κ3) is 2.01. The minimum Gasteiger partial charge on any atom is -0.469 e. The van der Waals surface area contributed by atoms with Crippen LogP contribution in [0.4, 0.5) is 4.39 Å². The summed E-state index contributed by atoms with van der Waals surface area (Å²) in [7, 11) is 0. The van der Waals surface area contributed by atoms with Gasteiger partial charge in [0.1, 0.15) is 11.4 Å². The average Bonchev–Trinajstić information content (AvgIpc) is 3.00. The number of piperidine rings is 3. The van der Waals surface area contributed by atoms with Gasteiger partial charge in [-0.3, -0.25) is 4.90 Å². The van der Waals surface area contributed by atoms with Gasteiger partial charge in [0.05, 0.1) is 4.11 Å². The van der Waals surface area contributed by atoms with Crippen molar-refractivity contribution in [1.82, 2.24) is 9.88 Å². The van der Waals surface area contributed by atoms with Crippen molar-refractivity contribution in [1.29, 1.82) is 0 Å². The maximum absolute atomic E-state index is 14.5. The Balaban J connectivity index is 1.53. The van der Waals surface area contributed by atoms with Crippen LogP contribution in [0.2, 0.25) is 0 Å². The van der Waals surface area contributed by atoms with Crippen molar-refractivity contribution >= 4 is 0 Å². The summed E-state index contributed by atoms with van der Waals surface area (Å²) < 4.78 is 43.9. The molecule has 1 aromatic heterocycles. The van der Waals surface area contributed by atoms with Crippen molar-refractivity contribution in [3.05, 3.63) is 47.8 Å². The van der Waals surface area contributed by atoms with Gasteiger partial charge in [-0.05, 0) is 38.0 Å². The van der Waals surface area contributed by atoms with E-state index in [2.05, 4.69) is 9.88 Å². The highest BCUT2D eigenvalue weighted by molar-refractivity contribution is 5.65. The maximum Gasteiger partial charge on any atom is 0.217 e. The highest BCUT2D eigenvalue weighted by Crippen LogP contribution is 2.46. The molecule has 0 N–H and O–H groups in total. The number of nitrogens with zero attached hydrogens (tertiary/aromatic N) is 2. The fraction of sp³-hybridized carbons (Fsp3) is 0.421. The molecule has 3 nitrogen and oxygen atoms in total. The lowest BCUT2D eigenvalue weighted by molar-refractivity contribution is -0.0814. The first-order valence-corrected chi connectivity index (χ1v) is 8.14. The van der Waals surface area contributed by atoms with Crippen molar-refractivity contribution in [2.45, 2.75) is 24.9 Å². The molecular weight excluding hydrogens is 291 g/mol. The van der Waals surface area contributed by atoms with Gasteiger partial charge in [0.25, 0.3) is 0 Å². The predicted molar refractivity (Wildman–Crippen MR) is 85.9 cm³/mol. The molecule has 3 saturated heterocycles. The number of hydrogen-bond acceptors (Lipinski definition) is 3. The van der Waals surface area contributed by atoms with Gasteiger partial charge in [0.15, 0.2) is 0 Å². The summed E-state index contributed by atoms with van der Waals surface area (Å²) in [6, 6.07) is 2.08. The highest BCUT2D eigenvalue weighted by atomic mass is 19.1. The minimum atomic E-state index is -0.774. The molecule has 0 saturated carbocycles. The lowest BCUT2D eigenvalue weighted by atomic mass is 9.73. The zero-order valence-electron chi connectivity index (χ0n) is 15.7. The van der Waals surface area contributed by atoms with E-state index < -0.39 is 17.9 Å². The Morgan fingerprint density at radius 3 is 3.00 bits per heavy atom. The lowest BCUT2D eigenvalue weighted by Gasteiger charge is -2.50. The molecule has 2 bridgehead atoms. The Morgan fingerprint density at radius 1 is 1.35 bits per heavy atom. The van der Waals surface area contributed by atoms with Crippen molar-refractivity contribution in [2.24, 2.45) is 5.92 Å². The van der Waals surface area contributed by atoms with E-state index in [4.69, 9.17) is 8.85 Å². The minimum absolute atomic E-state index is 0.154. The molecule has 1 atom stereocenters. The summed E-state index contributed by atoms with van der Waals surface area (Å²) in [5, 5.41) is 0. The van der Waals surface area contributed by atoms with Gasteiger partial charge < -0.3 is 4.74 Å². The molecule has 4 heteroatoms. The van der Waals surface area contributed by atoms with Crippen LogP contribution in [0.25, 0.3) is 11.1 Å². The Kier molecular flexibility index (Phi) is 2.24. The maximum atomic E-state index is 14.5. The standard InChI is InChI=1S/C19H19FN2O/c20-17-4-2-1-3-16(17)14-9-13-10-19(23-18(13)21-11-14)12-22-7-5-15(19)6-8-22/h1-4,9,11,15H,5-8,10,12H2/t19-/m0/s1/i1D,2D,4D. The van der Waals surface area contributed by atoms with Crippen LogP contribution in [0.15, 0.2) is 36.5 Å². The van der Waals surface area contributed by atoms with Crippen LogP contribution in [0.1, 0.15) is 22.5 Å². The predicted octanol–water partition coefficient (Wildman–Crippen LogP) is 3.29. The molecule has 6 rings (SSSR count). The summed E-state index contributed by atoms with van der Waals surface area (Å²) in [4.78, 5) is 6.86. The van der Waals surface area contributed by atoms with Crippen LogP contribution in [-0.4, -0.2) is 35.1 Å². The molecule has 118 valence electrons. The van der Waals surface area contributed by atoms with Gasteiger partial charge in [-0.1, -0.05) is 18.2 Å². The first-order valence-electron chi connectivity index (χ1n) is 9.64. The van der Waals surface area contributed by atoms with E-state index in [-0.39, 0.29) is 17.2 Å². The monoisotopic (exact) mass is 313 g/mol. The van der Waals surface area contributed by atoms with Gasteiger partial charge in [-0.25, -0.2) is 9.37 Å². The second-order valence-corrected chi connectivity index (χ2v) is 6.85. The van der Waals surface area contributed by atoms with E-state index in [0.29, 0.717) is 17.4 Å². The summed E-state index contributed by atoms with van der Waals surface area (Å²) in [6.07, 6.45) is 4.60. The largest absolute Gasteiger partial charge is 0.469 e. The smallest absolute Gasteiger partial charge is 0.217 e. The first kappa shape index (κ1) is 10.8. The SMILES string of the molecule is [2H]c1cc(-c2cnc3c(c2)C[C@@]2(CN4CCC2CC4)O3)c(F)c([2H])c1[2H]. The van der Waals surface area contributed by atoms with Gasteiger partial charge in [0.2, 0.25) is 5.88 Å². The second-order valence-electron chi connectivity index (χ2n) is 6.85. The molecule has 23 heavy (non-hydrogen) atoms. The number of halogens is 1. The molecule has 0 unspecified atom stereocenters. The number of rotatable bonds is 1. The molecule has 1 aromatic carbocycles. The summed E-state index contributed by atoms with van der Waals surface area (Å²) in [5.41, 5.74) is 1.44. The number of pyridine rings is 1. The lowest BCUT2D eigenvalue weighted by Crippen LogP contribution is -2.61. The van der Waals surface area contributed by atoms with E-state index in [1.807, 2.05) is 6.07 Å². The molecule has 0 aliphatic carbocycles. The number of aromatic nitrogens is 1. The Morgan fingerprint density at radius 2 is 2.22 bits per heavy atom. The topological polar surface area (TPSA) is 25.4 Å². The van der Waals surface area contributed by atoms with Crippen LogP contribution < -0.4 is 4.74 Å². The van der Waals surface area contributed by atoms with E-state index in [1.54, 1.807) is 6.20 Å². The highest BCUT2D eigenvalue weighted by Gasteiger charge is 2.52. The van der Waals surface area contributed by atoms with Crippen LogP contribution in [0.5, 0.6) is 5.88 Å². The molecule has 5 heterocycles. The third-order valence-corrected chi connectivity index (χ3v) is 5.55. The summed E-state index contributed by atoms with van der Waals surface area (Å²) in [5.74, 6) is 0.380. The van der Waals surface area contributed by atoms with E-state index >= 15 is 0 Å². The van der Waals surface area contributed by atoms with Crippen LogP contribution >= 0.6 is 0 Å². The quantitative estimate of drug-likeness (QED) is 0.808. The van der Waals surface area contributed by atoms with Gasteiger partial charge in [0, 0.05) is 41.8 Å². The molecule has 0 radical (unpaired) electrons. The number of hydrogen-bond donors (Lipinski definition) is 0. The number of fused-ring (bicyclic) bond motifs is 3. The van der Waals surface area contributed by atoms with Gasteiger partial charge in [-0.15, -0.1) is 0 Å². The van der Waals surface area contributed by atoms with Gasteiger partial charge >= 0.3 is 0 Å². The molecule has 4 aliphatic rings. The van der Waals surface area contributed by atoms with Crippen molar-refractivity contribution < 1.29 is 13.2 Å². The first-order chi connectivity index (χ1) is 12.5. The fourth-order valence-corrected chi connectivity index (χ4v) is 4.40. The van der Waals surface area contributed by atoms with E-state index in [1.165, 1.54) is 6.07 Å². The summed E-state index contributed by atoms with van der Waals surface area (Å²) in [6.45, 7) is 3.18. The van der Waals surface area contributed by atoms with Gasteiger partial charge in [-0.2, -0.15) is 0 Å². The number of benzene rings is 1. The Bertz CT molecular complexity index is 914. The van der Waals surface area contributed by atoms with Crippen LogP contribution in [0.3, 0.4) is 0 Å². The molecule has 1 spiro atoms. The molecule has 0 amide bonds. The van der Waals surface area contributed by atoms with Crippen LogP contribution in [-0.2, 0) is 6.42 Å². The summed E-state index contributed by atoms with van der Waals surface area (Å²) >= 11 is 0. The molecule has 4 aliphatic heterocycles. The third-order valence-electron chi connectivity index (χ3n) is 5.55. The van der Waals surface area contributed by atoms with Crippen molar-refractivity contribution in [3.8, 4) is 17.0 Å². The fourth-order valence-electron chi connectivity index (χ4n) is 4.40. The van der Waals surface area contributed by atoms with Crippen molar-refractivity contribution in [2.75, 3.05) is 19.6 Å². The normalized spacial score (nSPS) is 33.0. The molecular formula is C19H19FN2O. The van der Waals surface area contributed by atoms with Crippen LogP contribution in [0, 0.1) is 11.7 Å². The zero-order chi connectivity index (χ0) is 18.1. The van der Waals surface area contributed by atoms with E-state index in [9.17, 15) is 4.39 Å². The molecule has 2 aromatic rings. The Labute approximate surface area is 139 Å². The Hall–Kier alpha value is -1.94. The number of ether oxygens (including phenoxy) is 1. The van der Waals surface area contributed by atoms with Crippen molar-refractivity contribution in [3.63, 3.8) is 0 Å². The molecule has 3 fully saturated rings. The van der Waals surface area contributed by atoms with E-state index in [0.717, 1.165) is 44.5 Å².